The summed E-state index contributed by atoms with van der Waals surface area (Å²) in [5.41, 5.74) is 0. The third kappa shape index (κ3) is 64.3. The highest BCUT2D eigenvalue weighted by atomic mass is 31.2. The van der Waals surface area contributed by atoms with Crippen molar-refractivity contribution < 1.29 is 80.2 Å². The van der Waals surface area contributed by atoms with Crippen LogP contribution < -0.4 is 0 Å². The molecule has 0 saturated heterocycles. The van der Waals surface area contributed by atoms with Gasteiger partial charge in [0.2, 0.25) is 0 Å². The third-order valence-corrected chi connectivity index (χ3v) is 17.7. The van der Waals surface area contributed by atoms with Crippen LogP contribution in [0, 0.1) is 17.8 Å². The summed E-state index contributed by atoms with van der Waals surface area (Å²) in [5.74, 6) is 0.0262. The van der Waals surface area contributed by atoms with Gasteiger partial charge in [0.15, 0.2) is 12.2 Å². The predicted molar refractivity (Wildman–Crippen MR) is 363 cm³/mol. The van der Waals surface area contributed by atoms with E-state index in [0.717, 1.165) is 121 Å². The van der Waals surface area contributed by atoms with E-state index in [4.69, 9.17) is 37.0 Å². The first-order valence-corrected chi connectivity index (χ1v) is 39.2. The summed E-state index contributed by atoms with van der Waals surface area (Å²) in [4.78, 5) is 72.5. The minimum absolute atomic E-state index is 0.0842. The zero-order valence-corrected chi connectivity index (χ0v) is 59.9. The molecule has 19 heteroatoms. The van der Waals surface area contributed by atoms with Crippen LogP contribution in [0.1, 0.15) is 331 Å². The van der Waals surface area contributed by atoms with Crippen molar-refractivity contribution in [1.82, 2.24) is 0 Å². The fraction of sp³-hybridized carbons (Fsp3) is 0.887. The Kier molecular flexibility index (Phi) is 59.7. The maximum absolute atomic E-state index is 13.0. The van der Waals surface area contributed by atoms with E-state index in [-0.39, 0.29) is 25.7 Å². The molecule has 0 aliphatic heterocycles. The van der Waals surface area contributed by atoms with Gasteiger partial charge in [0.25, 0.3) is 0 Å². The lowest BCUT2D eigenvalue weighted by Crippen LogP contribution is -2.30. The molecule has 0 aromatic heterocycles. The molecule has 90 heavy (non-hydrogen) atoms. The van der Waals surface area contributed by atoms with E-state index in [1.54, 1.807) is 0 Å². The average Bonchev–Trinajstić information content (AvgIpc) is 2.73. The van der Waals surface area contributed by atoms with Crippen molar-refractivity contribution in [2.75, 3.05) is 39.6 Å². The molecular formula is C71H134O17P2. The van der Waals surface area contributed by atoms with Crippen molar-refractivity contribution in [1.29, 1.82) is 0 Å². The van der Waals surface area contributed by atoms with Crippen molar-refractivity contribution in [3.05, 3.63) is 24.3 Å². The van der Waals surface area contributed by atoms with Crippen LogP contribution in [0.5, 0.6) is 0 Å². The fourth-order valence-electron chi connectivity index (χ4n) is 10.2. The van der Waals surface area contributed by atoms with Crippen molar-refractivity contribution >= 4 is 39.5 Å². The molecule has 0 saturated carbocycles. The number of hydrogen-bond acceptors (Lipinski definition) is 15. The van der Waals surface area contributed by atoms with Crippen molar-refractivity contribution in [2.24, 2.45) is 17.8 Å². The monoisotopic (exact) mass is 1320 g/mol. The number of allylic oxidation sites excluding steroid dienone is 4. The molecule has 0 aromatic carbocycles. The van der Waals surface area contributed by atoms with E-state index in [1.165, 1.54) is 122 Å². The van der Waals surface area contributed by atoms with Crippen molar-refractivity contribution in [3.8, 4) is 0 Å². The van der Waals surface area contributed by atoms with Gasteiger partial charge in [0.1, 0.15) is 19.3 Å². The molecule has 5 atom stereocenters. The summed E-state index contributed by atoms with van der Waals surface area (Å²) < 4.78 is 68.2. The fourth-order valence-corrected chi connectivity index (χ4v) is 11.8. The number of ether oxygens (including phenoxy) is 4. The Morgan fingerprint density at radius 1 is 0.344 bits per heavy atom. The molecule has 2 unspecified atom stereocenters. The molecule has 0 rings (SSSR count). The SMILES string of the molecule is CCCCCC/C=C\C=C/CCCCCCCC(=O)O[C@H](COC(=O)CCCCCCCCCCCCC(C)C)COP(=O)(O)OC[C@@H](O)COP(=O)(O)OC[C@@H](COC(=O)CCCCCCCCC(C)C)OC(=O)CCCCCCCCCCCCC(C)C. The Morgan fingerprint density at radius 2 is 0.600 bits per heavy atom. The highest BCUT2D eigenvalue weighted by molar-refractivity contribution is 7.47. The summed E-state index contributed by atoms with van der Waals surface area (Å²) >= 11 is 0. The van der Waals surface area contributed by atoms with E-state index >= 15 is 0 Å². The minimum Gasteiger partial charge on any atom is -0.462 e. The Hall–Kier alpha value is -2.46. The van der Waals surface area contributed by atoms with Crippen LogP contribution in [0.3, 0.4) is 0 Å². The second-order valence-corrected chi connectivity index (χ2v) is 29.3. The molecular weight excluding hydrogens is 1190 g/mol. The molecule has 0 aliphatic rings. The van der Waals surface area contributed by atoms with Gasteiger partial charge in [0, 0.05) is 25.7 Å². The number of unbranched alkanes of at least 4 members (excludes halogenated alkanes) is 32. The number of phosphoric acid groups is 2. The van der Waals surface area contributed by atoms with Crippen LogP contribution >= 0.6 is 15.6 Å². The molecule has 0 fully saturated rings. The summed E-state index contributed by atoms with van der Waals surface area (Å²) in [6.07, 6.45) is 48.1. The van der Waals surface area contributed by atoms with Gasteiger partial charge in [-0.05, 0) is 69.1 Å². The average molecular weight is 1320 g/mol. The lowest BCUT2D eigenvalue weighted by atomic mass is 10.0. The smallest absolute Gasteiger partial charge is 0.462 e. The lowest BCUT2D eigenvalue weighted by molar-refractivity contribution is -0.161. The molecule has 17 nitrogen and oxygen atoms in total. The van der Waals surface area contributed by atoms with Gasteiger partial charge in [-0.25, -0.2) is 9.13 Å². The Bertz CT molecular complexity index is 1860. The van der Waals surface area contributed by atoms with E-state index in [9.17, 15) is 43.2 Å². The number of phosphoric ester groups is 2. The van der Waals surface area contributed by atoms with Gasteiger partial charge in [-0.2, -0.15) is 0 Å². The minimum atomic E-state index is -4.96. The van der Waals surface area contributed by atoms with Crippen LogP contribution in [0.2, 0.25) is 0 Å². The number of aliphatic hydroxyl groups excluding tert-OH is 1. The van der Waals surface area contributed by atoms with Gasteiger partial charge in [-0.3, -0.25) is 37.3 Å². The topological polar surface area (TPSA) is 237 Å². The maximum atomic E-state index is 13.0. The number of rotatable bonds is 67. The number of carbonyl (C=O) groups is 4. The number of hydrogen-bond donors (Lipinski definition) is 3. The van der Waals surface area contributed by atoms with Gasteiger partial charge in [-0.15, -0.1) is 0 Å². The van der Waals surface area contributed by atoms with Crippen LogP contribution in [0.4, 0.5) is 0 Å². The van der Waals surface area contributed by atoms with E-state index in [1.807, 2.05) is 0 Å². The standard InChI is InChI=1S/C71H134O17P2/c1-8-9-10-11-12-13-14-15-16-17-18-26-31-40-47-54-70(75)87-66(58-81-68(73)52-45-38-30-25-21-19-23-28-35-42-49-62(2)3)60-85-89(77,78)83-56-65(72)57-84-90(79,80)86-61-67(59-82-69(74)53-46-39-34-33-37-44-51-64(6)7)88-71(76)55-48-41-32-27-22-20-24-29-36-43-50-63(4)5/h13-16,62-67,72H,8-12,17-61H2,1-7H3,(H,77,78)(H,79,80)/b14-13-,16-15-/t65-,66-,67-/m1/s1. The summed E-state index contributed by atoms with van der Waals surface area (Å²) in [6, 6.07) is 0. The second-order valence-electron chi connectivity index (χ2n) is 26.4. The van der Waals surface area contributed by atoms with Gasteiger partial charge in [0.05, 0.1) is 26.4 Å². The number of carbonyl (C=O) groups excluding carboxylic acids is 4. The zero-order valence-electron chi connectivity index (χ0n) is 58.1. The number of esters is 4. The normalized spacial score (nSPS) is 14.4. The van der Waals surface area contributed by atoms with Crippen LogP contribution in [0.25, 0.3) is 0 Å². The molecule has 0 radical (unpaired) electrons. The molecule has 530 valence electrons. The van der Waals surface area contributed by atoms with Crippen molar-refractivity contribution in [2.45, 2.75) is 349 Å². The molecule has 3 N–H and O–H groups in total. The number of aliphatic hydroxyl groups is 1. The van der Waals surface area contributed by atoms with Crippen LogP contribution in [-0.4, -0.2) is 96.7 Å². The van der Waals surface area contributed by atoms with Crippen LogP contribution in [0.15, 0.2) is 24.3 Å². The predicted octanol–water partition coefficient (Wildman–Crippen LogP) is 19.8. The zero-order chi connectivity index (χ0) is 66.6. The molecule has 0 amide bonds. The van der Waals surface area contributed by atoms with E-state index in [2.05, 4.69) is 72.8 Å². The third-order valence-electron chi connectivity index (χ3n) is 15.8. The highest BCUT2D eigenvalue weighted by Crippen LogP contribution is 2.45. The summed E-state index contributed by atoms with van der Waals surface area (Å²) in [7, 11) is -9.92. The van der Waals surface area contributed by atoms with E-state index in [0.29, 0.717) is 31.6 Å². The Labute approximate surface area is 548 Å². The molecule has 0 aromatic rings. The van der Waals surface area contributed by atoms with Gasteiger partial charge in [-0.1, -0.05) is 278 Å². The molecule has 0 heterocycles. The lowest BCUT2D eigenvalue weighted by Gasteiger charge is -2.21. The Morgan fingerprint density at radius 3 is 0.900 bits per heavy atom. The highest BCUT2D eigenvalue weighted by Gasteiger charge is 2.30. The van der Waals surface area contributed by atoms with E-state index < -0.39 is 97.5 Å². The van der Waals surface area contributed by atoms with Gasteiger partial charge < -0.3 is 33.8 Å². The molecule has 0 aliphatic carbocycles. The molecule has 0 bridgehead atoms. The first-order chi connectivity index (χ1) is 43.2. The molecule has 0 spiro atoms. The Balaban J connectivity index is 5.29. The van der Waals surface area contributed by atoms with Crippen molar-refractivity contribution in [3.63, 3.8) is 0 Å². The first kappa shape index (κ1) is 87.5. The summed E-state index contributed by atoms with van der Waals surface area (Å²) in [6.45, 7) is 11.7. The van der Waals surface area contributed by atoms with Gasteiger partial charge >= 0.3 is 39.5 Å². The summed E-state index contributed by atoms with van der Waals surface area (Å²) in [5, 5.41) is 10.6. The quantitative estimate of drug-likeness (QED) is 0.0169. The first-order valence-electron chi connectivity index (χ1n) is 36.2. The van der Waals surface area contributed by atoms with Crippen LogP contribution in [-0.2, 0) is 65.4 Å². The second kappa shape index (κ2) is 61.4. The maximum Gasteiger partial charge on any atom is 0.472 e. The largest absolute Gasteiger partial charge is 0.472 e.